The van der Waals surface area contributed by atoms with Gasteiger partial charge in [0.15, 0.2) is 0 Å². The van der Waals surface area contributed by atoms with Crippen molar-refractivity contribution in [3.8, 4) is 6.01 Å². The summed E-state index contributed by atoms with van der Waals surface area (Å²) in [5.74, 6) is -1.35. The van der Waals surface area contributed by atoms with Crippen LogP contribution in [0.2, 0.25) is 0 Å². The van der Waals surface area contributed by atoms with E-state index < -0.39 is 11.9 Å². The van der Waals surface area contributed by atoms with Crippen molar-refractivity contribution in [3.63, 3.8) is 0 Å². The van der Waals surface area contributed by atoms with Gasteiger partial charge in [-0.05, 0) is 31.9 Å². The lowest BCUT2D eigenvalue weighted by atomic mass is 10.3. The van der Waals surface area contributed by atoms with Crippen LogP contribution in [0.15, 0.2) is 32.7 Å². The van der Waals surface area contributed by atoms with Crippen molar-refractivity contribution in [1.29, 1.82) is 0 Å². The Bertz CT molecular complexity index is 728. The molecule has 3 heterocycles. The highest BCUT2D eigenvalue weighted by Crippen LogP contribution is 2.34. The van der Waals surface area contributed by atoms with E-state index >= 15 is 0 Å². The molecule has 0 aromatic carbocycles. The van der Waals surface area contributed by atoms with Gasteiger partial charge >= 0.3 is 17.9 Å². The highest BCUT2D eigenvalue weighted by Gasteiger charge is 2.19. The number of fused-ring (bicyclic) bond motifs is 1. The monoisotopic (exact) mass is 432 g/mol. The maximum Gasteiger partial charge on any atom is 0.356 e. The van der Waals surface area contributed by atoms with Crippen molar-refractivity contribution in [2.75, 3.05) is 0 Å². The number of thiophene rings is 1. The molecular weight excluding hydrogens is 428 g/mol. The highest BCUT2D eigenvalue weighted by atomic mass is 79.9. The summed E-state index contributed by atoms with van der Waals surface area (Å²) in [5.41, 5.74) is 0.613. The number of esters is 1. The van der Waals surface area contributed by atoms with Gasteiger partial charge in [0.2, 0.25) is 0 Å². The summed E-state index contributed by atoms with van der Waals surface area (Å²) in [6.07, 6.45) is 4.02. The highest BCUT2D eigenvalue weighted by molar-refractivity contribution is 9.13. The Hall–Kier alpha value is -1.45. The second-order valence-electron chi connectivity index (χ2n) is 4.00. The fourth-order valence-corrected chi connectivity index (χ4v) is 3.79. The number of ether oxygens (including phenoxy) is 1. The minimum atomic E-state index is -0.676. The second-order valence-corrected chi connectivity index (χ2v) is 6.61. The molecule has 0 amide bonds. The van der Waals surface area contributed by atoms with Gasteiger partial charge in [-0.1, -0.05) is 0 Å². The summed E-state index contributed by atoms with van der Waals surface area (Å²) in [6.45, 7) is 0. The third-order valence-corrected chi connectivity index (χ3v) is 6.15. The number of hydrogen-bond donors (Lipinski definition) is 0. The number of aromatic nitrogens is 2. The summed E-state index contributed by atoms with van der Waals surface area (Å²) < 4.78 is 7.93. The molecule has 6 nitrogen and oxygen atoms in total. The predicted molar refractivity (Wildman–Crippen MR) is 81.1 cm³/mol. The first-order valence-electron chi connectivity index (χ1n) is 5.65. The Morgan fingerprint density at radius 2 is 2.00 bits per heavy atom. The number of hydrogen-bond acceptors (Lipinski definition) is 6. The molecular formula is C12H6Br2N2O4S. The molecule has 0 bridgehead atoms. The first kappa shape index (κ1) is 14.5. The molecule has 9 heteroatoms. The molecule has 0 unspecified atom stereocenters. The topological polar surface area (TPSA) is 70.4 Å². The number of carbonyl (C=O) groups is 2. The van der Waals surface area contributed by atoms with Crippen molar-refractivity contribution in [3.05, 3.63) is 43.2 Å². The van der Waals surface area contributed by atoms with Gasteiger partial charge in [0.1, 0.15) is 0 Å². The Balaban J connectivity index is 1.90. The van der Waals surface area contributed by atoms with Crippen LogP contribution in [0.3, 0.4) is 0 Å². The first-order chi connectivity index (χ1) is 10.0. The van der Waals surface area contributed by atoms with Crippen LogP contribution in [0.4, 0.5) is 0 Å². The summed E-state index contributed by atoms with van der Waals surface area (Å²) in [5, 5.41) is 1.95. The van der Waals surface area contributed by atoms with Crippen molar-refractivity contribution in [2.45, 2.75) is 6.42 Å². The fraction of sp³-hybridized carbons (Fsp3) is 0.0833. The van der Waals surface area contributed by atoms with Crippen LogP contribution in [0, 0.1) is 0 Å². The number of nitrogens with zero attached hydrogens (tertiary/aromatic N) is 2. The Labute approximate surface area is 139 Å². The van der Waals surface area contributed by atoms with Crippen LogP contribution in [-0.2, 0) is 16.0 Å². The maximum atomic E-state index is 11.4. The predicted octanol–water partition coefficient (Wildman–Crippen LogP) is 2.49. The van der Waals surface area contributed by atoms with E-state index in [0.29, 0.717) is 12.1 Å². The van der Waals surface area contributed by atoms with Gasteiger partial charge in [0.05, 0.1) is 11.9 Å². The minimum Gasteiger partial charge on any atom is -0.387 e. The third kappa shape index (κ3) is 3.09. The molecule has 108 valence electrons. The van der Waals surface area contributed by atoms with E-state index in [0.717, 1.165) is 30.7 Å². The molecule has 0 atom stereocenters. The molecule has 3 rings (SSSR count). The minimum absolute atomic E-state index is 0.0700. The van der Waals surface area contributed by atoms with Crippen LogP contribution in [0.25, 0.3) is 0 Å². The van der Waals surface area contributed by atoms with E-state index in [9.17, 15) is 9.59 Å². The van der Waals surface area contributed by atoms with Crippen molar-refractivity contribution in [2.24, 2.45) is 0 Å². The number of halogens is 2. The molecule has 0 N–H and O–H groups in total. The molecule has 1 aliphatic heterocycles. The maximum absolute atomic E-state index is 11.4. The zero-order valence-corrected chi connectivity index (χ0v) is 14.2. The summed E-state index contributed by atoms with van der Waals surface area (Å²) in [6, 6.07) is -0.0700. The Kier molecular flexibility index (Phi) is 3.96. The third-order valence-electron chi connectivity index (χ3n) is 2.53. The summed E-state index contributed by atoms with van der Waals surface area (Å²) in [4.78, 5) is 33.0. The van der Waals surface area contributed by atoms with Crippen LogP contribution >= 0.6 is 43.2 Å². The molecule has 0 aliphatic carbocycles. The van der Waals surface area contributed by atoms with Gasteiger partial charge in [0.25, 0.3) is 0 Å². The molecule has 0 spiro atoms. The van der Waals surface area contributed by atoms with Gasteiger partial charge in [0, 0.05) is 37.8 Å². The summed E-state index contributed by atoms with van der Waals surface area (Å²) >= 11 is 8.44. The standard InChI is InChI=1S/C12H6Br2N2O4S/c13-7-5-21-8(11(7)14)3-6-4-16-12(15-6)19-9(17)1-2-10(18)20-16/h1-2,4-5H,3H2/b2-1+. The van der Waals surface area contributed by atoms with E-state index in [4.69, 9.17) is 9.57 Å². The van der Waals surface area contributed by atoms with Gasteiger partial charge in [-0.25, -0.2) is 9.59 Å². The van der Waals surface area contributed by atoms with Crippen molar-refractivity contribution >= 4 is 55.1 Å². The number of imidazole rings is 1. The fourth-order valence-electron chi connectivity index (χ4n) is 1.64. The lowest BCUT2D eigenvalue weighted by Crippen LogP contribution is -2.22. The molecule has 0 radical (unpaired) electrons. The average molecular weight is 434 g/mol. The van der Waals surface area contributed by atoms with E-state index in [1.165, 1.54) is 6.20 Å². The smallest absolute Gasteiger partial charge is 0.356 e. The lowest BCUT2D eigenvalue weighted by molar-refractivity contribution is -0.142. The van der Waals surface area contributed by atoms with E-state index in [1.807, 2.05) is 5.38 Å². The average Bonchev–Trinajstić information content (AvgIpc) is 2.93. The zero-order valence-electron chi connectivity index (χ0n) is 10.2. The van der Waals surface area contributed by atoms with Crippen LogP contribution < -0.4 is 9.57 Å². The molecule has 21 heavy (non-hydrogen) atoms. The number of carbonyl (C=O) groups excluding carboxylic acids is 2. The van der Waals surface area contributed by atoms with Crippen LogP contribution in [-0.4, -0.2) is 21.7 Å². The largest absolute Gasteiger partial charge is 0.387 e. The van der Waals surface area contributed by atoms with Gasteiger partial charge in [-0.15, -0.1) is 16.1 Å². The summed E-state index contributed by atoms with van der Waals surface area (Å²) in [7, 11) is 0. The Morgan fingerprint density at radius 3 is 2.71 bits per heavy atom. The first-order valence-corrected chi connectivity index (χ1v) is 8.11. The zero-order chi connectivity index (χ0) is 15.0. The number of rotatable bonds is 2. The Morgan fingerprint density at radius 1 is 1.24 bits per heavy atom. The molecule has 2 aromatic rings. The van der Waals surface area contributed by atoms with Crippen molar-refractivity contribution < 1.29 is 19.2 Å². The molecule has 0 saturated heterocycles. The molecule has 0 fully saturated rings. The van der Waals surface area contributed by atoms with Gasteiger partial charge in [-0.3, -0.25) is 0 Å². The van der Waals surface area contributed by atoms with Crippen molar-refractivity contribution in [1.82, 2.24) is 9.71 Å². The van der Waals surface area contributed by atoms with E-state index in [-0.39, 0.29) is 6.01 Å². The molecule has 1 aliphatic rings. The van der Waals surface area contributed by atoms with E-state index in [2.05, 4.69) is 36.8 Å². The van der Waals surface area contributed by atoms with Crippen LogP contribution in [0.1, 0.15) is 10.6 Å². The second kappa shape index (κ2) is 5.74. The van der Waals surface area contributed by atoms with Crippen LogP contribution in [0.5, 0.6) is 6.01 Å². The van der Waals surface area contributed by atoms with Gasteiger partial charge in [-0.2, -0.15) is 4.98 Å². The van der Waals surface area contributed by atoms with E-state index in [1.54, 1.807) is 11.3 Å². The normalized spacial score (nSPS) is 15.7. The molecule has 2 aromatic heterocycles. The quantitative estimate of drug-likeness (QED) is 0.680. The lowest BCUT2D eigenvalue weighted by Gasteiger charge is -2.06. The van der Waals surface area contributed by atoms with Gasteiger partial charge < -0.3 is 9.57 Å². The SMILES string of the molecule is O=C1/C=C/C(=O)On2cc(Cc3scc(Br)c3Br)nc2O1. The molecule has 0 saturated carbocycles.